The smallest absolute Gasteiger partial charge is 0.293 e. The van der Waals surface area contributed by atoms with Crippen molar-refractivity contribution in [2.24, 2.45) is 0 Å². The highest BCUT2D eigenvalue weighted by Gasteiger charge is 2.35. The molecule has 0 unspecified atom stereocenters. The van der Waals surface area contributed by atoms with Gasteiger partial charge in [-0.2, -0.15) is 0 Å². The lowest BCUT2D eigenvalue weighted by atomic mass is 10.1. The van der Waals surface area contributed by atoms with Crippen LogP contribution in [0.2, 0.25) is 5.02 Å². The van der Waals surface area contributed by atoms with Crippen molar-refractivity contribution in [1.29, 1.82) is 0 Å². The number of carbonyl (C=O) groups is 2. The lowest BCUT2D eigenvalue weighted by Gasteiger charge is -2.13. The molecule has 8 heteroatoms. The number of hydrogen-bond donors (Lipinski definition) is 0. The van der Waals surface area contributed by atoms with Crippen molar-refractivity contribution in [1.82, 2.24) is 4.90 Å². The van der Waals surface area contributed by atoms with Crippen LogP contribution in [0.15, 0.2) is 76.1 Å². The van der Waals surface area contributed by atoms with Gasteiger partial charge in [-0.15, -0.1) is 0 Å². The molecule has 3 aromatic carbocycles. The standard InChI is InChI=1S/C25H19BrClNO4S/c1-31-21-11-6-18(12-22(21)32-15-17-2-7-19(26)8-3-17)13-23-24(29)28(25(30)33-23)14-16-4-9-20(27)10-5-16/h2-13H,14-15H2,1H3/b23-13-. The van der Waals surface area contributed by atoms with Crippen molar-refractivity contribution in [3.63, 3.8) is 0 Å². The zero-order chi connectivity index (χ0) is 23.4. The molecule has 0 N–H and O–H groups in total. The number of carbonyl (C=O) groups excluding carboxylic acids is 2. The van der Waals surface area contributed by atoms with E-state index in [2.05, 4.69) is 15.9 Å². The summed E-state index contributed by atoms with van der Waals surface area (Å²) < 4.78 is 12.4. The molecule has 168 valence electrons. The Bertz CT molecular complexity index is 1210. The molecule has 33 heavy (non-hydrogen) atoms. The maximum atomic E-state index is 12.9. The first-order chi connectivity index (χ1) is 15.9. The van der Waals surface area contributed by atoms with Gasteiger partial charge < -0.3 is 9.47 Å². The number of thioether (sulfide) groups is 1. The molecule has 1 saturated heterocycles. The number of hydrogen-bond acceptors (Lipinski definition) is 5. The minimum atomic E-state index is -0.326. The van der Waals surface area contributed by atoms with Gasteiger partial charge in [0.2, 0.25) is 0 Å². The maximum Gasteiger partial charge on any atom is 0.293 e. The molecule has 0 saturated carbocycles. The van der Waals surface area contributed by atoms with E-state index in [9.17, 15) is 9.59 Å². The Hall–Kier alpha value is -2.74. The predicted molar refractivity (Wildman–Crippen MR) is 134 cm³/mol. The van der Waals surface area contributed by atoms with Crippen molar-refractivity contribution >= 4 is 56.5 Å². The second kappa shape index (κ2) is 10.5. The van der Waals surface area contributed by atoms with Crippen molar-refractivity contribution in [3.8, 4) is 11.5 Å². The molecule has 1 fully saturated rings. The fraction of sp³-hybridized carbons (Fsp3) is 0.120. The number of imide groups is 1. The average molecular weight is 545 g/mol. The van der Waals surface area contributed by atoms with Gasteiger partial charge in [0.25, 0.3) is 11.1 Å². The van der Waals surface area contributed by atoms with Crippen LogP contribution < -0.4 is 9.47 Å². The van der Waals surface area contributed by atoms with E-state index < -0.39 is 0 Å². The predicted octanol–water partition coefficient (Wildman–Crippen LogP) is 6.93. The van der Waals surface area contributed by atoms with Crippen LogP contribution in [0.1, 0.15) is 16.7 Å². The molecule has 2 amide bonds. The average Bonchev–Trinajstić information content (AvgIpc) is 3.07. The quantitative estimate of drug-likeness (QED) is 0.302. The Labute approximate surface area is 209 Å². The van der Waals surface area contributed by atoms with E-state index in [4.69, 9.17) is 21.1 Å². The molecule has 0 aliphatic carbocycles. The molecular formula is C25H19BrClNO4S. The first-order valence-corrected chi connectivity index (χ1v) is 12.0. The SMILES string of the molecule is COc1ccc(/C=C2\SC(=O)N(Cc3ccc(Cl)cc3)C2=O)cc1OCc1ccc(Br)cc1. The van der Waals surface area contributed by atoms with E-state index in [1.807, 2.05) is 30.3 Å². The molecule has 0 spiro atoms. The Balaban J connectivity index is 1.51. The van der Waals surface area contributed by atoms with Crippen LogP contribution in [-0.4, -0.2) is 23.2 Å². The van der Waals surface area contributed by atoms with Crippen LogP contribution in [0.5, 0.6) is 11.5 Å². The Morgan fingerprint density at radius 3 is 2.36 bits per heavy atom. The second-order valence-corrected chi connectivity index (χ2v) is 9.57. The van der Waals surface area contributed by atoms with E-state index >= 15 is 0 Å². The third-order valence-corrected chi connectivity index (χ3v) is 6.61. The topological polar surface area (TPSA) is 55.8 Å². The minimum Gasteiger partial charge on any atom is -0.493 e. The van der Waals surface area contributed by atoms with Gasteiger partial charge in [-0.05, 0) is 70.9 Å². The summed E-state index contributed by atoms with van der Waals surface area (Å²) in [5.74, 6) is 0.808. The molecule has 1 aliphatic rings. The number of nitrogens with zero attached hydrogens (tertiary/aromatic N) is 1. The fourth-order valence-electron chi connectivity index (χ4n) is 3.20. The molecule has 0 radical (unpaired) electrons. The third kappa shape index (κ3) is 5.79. The number of amides is 2. The molecule has 1 heterocycles. The molecule has 3 aromatic rings. The maximum absolute atomic E-state index is 12.9. The second-order valence-electron chi connectivity index (χ2n) is 7.22. The van der Waals surface area contributed by atoms with Gasteiger partial charge in [0, 0.05) is 9.50 Å². The van der Waals surface area contributed by atoms with Crippen LogP contribution in [-0.2, 0) is 17.9 Å². The molecule has 5 nitrogen and oxygen atoms in total. The van der Waals surface area contributed by atoms with Gasteiger partial charge in [-0.25, -0.2) is 0 Å². The highest BCUT2D eigenvalue weighted by Crippen LogP contribution is 2.35. The van der Waals surface area contributed by atoms with Crippen LogP contribution >= 0.6 is 39.3 Å². The van der Waals surface area contributed by atoms with Crippen molar-refractivity contribution < 1.29 is 19.1 Å². The lowest BCUT2D eigenvalue weighted by molar-refractivity contribution is -0.123. The summed E-state index contributed by atoms with van der Waals surface area (Å²) in [6.45, 7) is 0.564. The van der Waals surface area contributed by atoms with Gasteiger partial charge in [0.15, 0.2) is 11.5 Å². The van der Waals surface area contributed by atoms with Gasteiger partial charge in [0.1, 0.15) is 6.61 Å². The van der Waals surface area contributed by atoms with E-state index in [0.717, 1.165) is 32.9 Å². The van der Waals surface area contributed by atoms with Crippen LogP contribution in [0.25, 0.3) is 6.08 Å². The summed E-state index contributed by atoms with van der Waals surface area (Å²) >= 11 is 10.3. The van der Waals surface area contributed by atoms with Crippen molar-refractivity contribution in [2.75, 3.05) is 7.11 Å². The third-order valence-electron chi connectivity index (χ3n) is 4.92. The summed E-state index contributed by atoms with van der Waals surface area (Å²) in [4.78, 5) is 26.9. The summed E-state index contributed by atoms with van der Waals surface area (Å²) in [7, 11) is 1.57. The molecule has 4 rings (SSSR count). The van der Waals surface area contributed by atoms with Crippen LogP contribution in [0.3, 0.4) is 0 Å². The largest absolute Gasteiger partial charge is 0.493 e. The fourth-order valence-corrected chi connectivity index (χ4v) is 4.43. The Morgan fingerprint density at radius 2 is 1.67 bits per heavy atom. The number of benzene rings is 3. The van der Waals surface area contributed by atoms with E-state index in [-0.39, 0.29) is 17.7 Å². The zero-order valence-corrected chi connectivity index (χ0v) is 20.7. The number of halogens is 2. The number of ether oxygens (including phenoxy) is 2. The molecule has 0 aromatic heterocycles. The Morgan fingerprint density at radius 1 is 0.970 bits per heavy atom. The van der Waals surface area contributed by atoms with Crippen molar-refractivity contribution in [2.45, 2.75) is 13.2 Å². The Kier molecular flexibility index (Phi) is 7.42. The summed E-state index contributed by atoms with van der Waals surface area (Å²) in [6, 6.07) is 20.3. The molecule has 0 atom stereocenters. The number of methoxy groups -OCH3 is 1. The highest BCUT2D eigenvalue weighted by atomic mass is 79.9. The van der Waals surface area contributed by atoms with E-state index in [0.29, 0.717) is 28.0 Å². The zero-order valence-electron chi connectivity index (χ0n) is 17.6. The number of rotatable bonds is 7. The van der Waals surface area contributed by atoms with Crippen molar-refractivity contribution in [3.05, 3.63) is 97.8 Å². The molecule has 0 bridgehead atoms. The summed E-state index contributed by atoms with van der Waals surface area (Å²) in [5.41, 5.74) is 2.57. The highest BCUT2D eigenvalue weighted by molar-refractivity contribution is 9.10. The first-order valence-electron chi connectivity index (χ1n) is 9.98. The first kappa shape index (κ1) is 23.4. The van der Waals surface area contributed by atoms with Crippen LogP contribution in [0, 0.1) is 0 Å². The summed E-state index contributed by atoms with van der Waals surface area (Å²) in [6.07, 6.45) is 1.69. The van der Waals surface area contributed by atoms with Gasteiger partial charge in [-0.3, -0.25) is 14.5 Å². The van der Waals surface area contributed by atoms with Gasteiger partial charge in [-0.1, -0.05) is 57.9 Å². The minimum absolute atomic E-state index is 0.198. The molecular weight excluding hydrogens is 526 g/mol. The molecule has 1 aliphatic heterocycles. The lowest BCUT2D eigenvalue weighted by Crippen LogP contribution is -2.27. The van der Waals surface area contributed by atoms with E-state index in [1.165, 1.54) is 4.90 Å². The van der Waals surface area contributed by atoms with Gasteiger partial charge >= 0.3 is 0 Å². The van der Waals surface area contributed by atoms with E-state index in [1.54, 1.807) is 49.6 Å². The summed E-state index contributed by atoms with van der Waals surface area (Å²) in [5, 5.41) is 0.298. The normalized spacial score (nSPS) is 14.8. The van der Waals surface area contributed by atoms with Crippen LogP contribution in [0.4, 0.5) is 4.79 Å². The van der Waals surface area contributed by atoms with Gasteiger partial charge in [0.05, 0.1) is 18.6 Å². The monoisotopic (exact) mass is 543 g/mol.